The van der Waals surface area contributed by atoms with Gasteiger partial charge in [-0.05, 0) is 41.6 Å². The molecule has 0 aromatic carbocycles. The van der Waals surface area contributed by atoms with Crippen molar-refractivity contribution in [2.45, 2.75) is 13.1 Å². The summed E-state index contributed by atoms with van der Waals surface area (Å²) in [5.74, 6) is -0.846. The summed E-state index contributed by atoms with van der Waals surface area (Å²) in [5, 5.41) is 13.0. The molecule has 0 atom stereocenters. The van der Waals surface area contributed by atoms with Crippen LogP contribution >= 0.6 is 22.7 Å². The molecule has 0 aliphatic carbocycles. The highest BCUT2D eigenvalue weighted by Crippen LogP contribution is 2.19. The lowest BCUT2D eigenvalue weighted by atomic mass is 10.3. The highest BCUT2D eigenvalue weighted by Gasteiger charge is 2.08. The average Bonchev–Trinajstić information content (AvgIpc) is 2.88. The summed E-state index contributed by atoms with van der Waals surface area (Å²) in [4.78, 5) is 14.4. The van der Waals surface area contributed by atoms with Crippen molar-refractivity contribution in [3.8, 4) is 0 Å². The van der Waals surface area contributed by atoms with Crippen molar-refractivity contribution >= 4 is 28.6 Å². The number of hydrogen-bond acceptors (Lipinski definition) is 4. The minimum atomic E-state index is -0.846. The SMILES string of the molecule is CN(Cc1ccsc1)Cc1ccc(C(=O)O)s1. The number of hydrogen-bond donors (Lipinski definition) is 1. The van der Waals surface area contributed by atoms with E-state index >= 15 is 0 Å². The van der Waals surface area contributed by atoms with Gasteiger partial charge in [0.2, 0.25) is 0 Å². The van der Waals surface area contributed by atoms with Gasteiger partial charge in [0.1, 0.15) is 4.88 Å². The van der Waals surface area contributed by atoms with Crippen LogP contribution in [0.25, 0.3) is 0 Å². The van der Waals surface area contributed by atoms with Gasteiger partial charge in [-0.25, -0.2) is 4.79 Å². The molecule has 2 aromatic rings. The molecule has 0 fully saturated rings. The zero-order chi connectivity index (χ0) is 12.3. The summed E-state index contributed by atoms with van der Waals surface area (Å²) in [5.41, 5.74) is 1.30. The maximum atomic E-state index is 10.8. The smallest absolute Gasteiger partial charge is 0.345 e. The molecule has 0 bridgehead atoms. The molecule has 0 unspecified atom stereocenters. The lowest BCUT2D eigenvalue weighted by Crippen LogP contribution is -2.15. The van der Waals surface area contributed by atoms with Crippen molar-refractivity contribution in [1.82, 2.24) is 4.90 Å². The Morgan fingerprint density at radius 3 is 2.76 bits per heavy atom. The maximum absolute atomic E-state index is 10.8. The van der Waals surface area contributed by atoms with Crippen molar-refractivity contribution in [1.29, 1.82) is 0 Å². The van der Waals surface area contributed by atoms with E-state index in [4.69, 9.17) is 5.11 Å². The van der Waals surface area contributed by atoms with Crippen LogP contribution in [0, 0.1) is 0 Å². The van der Waals surface area contributed by atoms with E-state index in [1.165, 1.54) is 16.9 Å². The van der Waals surface area contributed by atoms with E-state index < -0.39 is 5.97 Å². The molecular weight excluding hydrogens is 254 g/mol. The maximum Gasteiger partial charge on any atom is 0.345 e. The number of nitrogens with zero attached hydrogens (tertiary/aromatic N) is 1. The molecule has 0 saturated carbocycles. The zero-order valence-electron chi connectivity index (χ0n) is 9.42. The van der Waals surface area contributed by atoms with Crippen LogP contribution in [-0.2, 0) is 13.1 Å². The Kier molecular flexibility index (Phi) is 3.93. The summed E-state index contributed by atoms with van der Waals surface area (Å²) in [6, 6.07) is 5.66. The van der Waals surface area contributed by atoms with E-state index in [1.807, 2.05) is 13.1 Å². The molecule has 0 radical (unpaired) electrons. The summed E-state index contributed by atoms with van der Waals surface area (Å²) >= 11 is 3.04. The van der Waals surface area contributed by atoms with Crippen LogP contribution in [0.3, 0.4) is 0 Å². The first-order valence-corrected chi connectivity index (χ1v) is 6.92. The first-order valence-electron chi connectivity index (χ1n) is 5.17. The number of thiophene rings is 2. The normalized spacial score (nSPS) is 10.9. The Bertz CT molecular complexity index is 490. The van der Waals surface area contributed by atoms with Crippen LogP contribution in [0.15, 0.2) is 29.0 Å². The van der Waals surface area contributed by atoms with Crippen molar-refractivity contribution in [2.75, 3.05) is 7.05 Å². The highest BCUT2D eigenvalue weighted by atomic mass is 32.1. The lowest BCUT2D eigenvalue weighted by molar-refractivity contribution is 0.0702. The van der Waals surface area contributed by atoms with Crippen LogP contribution in [0.2, 0.25) is 0 Å². The van der Waals surface area contributed by atoms with Crippen LogP contribution < -0.4 is 0 Å². The van der Waals surface area contributed by atoms with E-state index in [1.54, 1.807) is 17.4 Å². The molecule has 0 spiro atoms. The number of carboxylic acids is 1. The van der Waals surface area contributed by atoms with Gasteiger partial charge in [-0.1, -0.05) is 0 Å². The second kappa shape index (κ2) is 5.44. The lowest BCUT2D eigenvalue weighted by Gasteiger charge is -2.14. The Morgan fingerprint density at radius 1 is 1.35 bits per heavy atom. The van der Waals surface area contributed by atoms with E-state index in [2.05, 4.69) is 21.7 Å². The molecule has 5 heteroatoms. The predicted molar refractivity (Wildman–Crippen MR) is 70.8 cm³/mol. The molecule has 0 aliphatic heterocycles. The molecule has 2 rings (SSSR count). The van der Waals surface area contributed by atoms with Crippen LogP contribution in [0.1, 0.15) is 20.1 Å². The van der Waals surface area contributed by atoms with Gasteiger partial charge in [-0.2, -0.15) is 11.3 Å². The fourth-order valence-electron chi connectivity index (χ4n) is 1.59. The summed E-state index contributed by atoms with van der Waals surface area (Å²) in [6.07, 6.45) is 0. The van der Waals surface area contributed by atoms with Crippen molar-refractivity contribution < 1.29 is 9.90 Å². The standard InChI is InChI=1S/C12H13NO2S2/c1-13(6-9-4-5-16-8-9)7-10-2-3-11(17-10)12(14)15/h2-5,8H,6-7H2,1H3,(H,14,15). The Hall–Kier alpha value is -1.17. The molecule has 17 heavy (non-hydrogen) atoms. The zero-order valence-corrected chi connectivity index (χ0v) is 11.1. The quantitative estimate of drug-likeness (QED) is 0.904. The van der Waals surface area contributed by atoms with E-state index in [-0.39, 0.29) is 0 Å². The third-order valence-electron chi connectivity index (χ3n) is 2.33. The molecule has 90 valence electrons. The second-order valence-corrected chi connectivity index (χ2v) is 5.82. The number of aromatic carboxylic acids is 1. The fourth-order valence-corrected chi connectivity index (χ4v) is 3.18. The largest absolute Gasteiger partial charge is 0.477 e. The van der Waals surface area contributed by atoms with Crippen molar-refractivity contribution in [3.05, 3.63) is 44.3 Å². The summed E-state index contributed by atoms with van der Waals surface area (Å²) < 4.78 is 0. The van der Waals surface area contributed by atoms with Gasteiger partial charge in [0.05, 0.1) is 0 Å². The van der Waals surface area contributed by atoms with Gasteiger partial charge < -0.3 is 5.11 Å². The van der Waals surface area contributed by atoms with Crippen molar-refractivity contribution in [2.24, 2.45) is 0 Å². The van der Waals surface area contributed by atoms with Gasteiger partial charge in [0.25, 0.3) is 0 Å². The fraction of sp³-hybridized carbons (Fsp3) is 0.250. The van der Waals surface area contributed by atoms with E-state index in [0.717, 1.165) is 18.0 Å². The van der Waals surface area contributed by atoms with Gasteiger partial charge in [0.15, 0.2) is 0 Å². The van der Waals surface area contributed by atoms with Crippen molar-refractivity contribution in [3.63, 3.8) is 0 Å². The Balaban J connectivity index is 1.93. The predicted octanol–water partition coefficient (Wildman–Crippen LogP) is 3.14. The monoisotopic (exact) mass is 267 g/mol. The van der Waals surface area contributed by atoms with Crippen LogP contribution in [0.5, 0.6) is 0 Å². The molecule has 0 aliphatic rings. The summed E-state index contributed by atoms with van der Waals surface area (Å²) in [7, 11) is 2.04. The molecule has 0 amide bonds. The molecule has 3 nitrogen and oxygen atoms in total. The Labute approximate surface area is 108 Å². The molecule has 1 N–H and O–H groups in total. The Morgan fingerprint density at radius 2 is 2.18 bits per heavy atom. The molecular formula is C12H13NO2S2. The van der Waals surface area contributed by atoms with E-state index in [0.29, 0.717) is 4.88 Å². The molecule has 2 heterocycles. The number of rotatable bonds is 5. The van der Waals surface area contributed by atoms with Gasteiger partial charge in [-0.3, -0.25) is 4.90 Å². The topological polar surface area (TPSA) is 40.5 Å². The second-order valence-electron chi connectivity index (χ2n) is 3.87. The number of carboxylic acid groups (broad SMARTS) is 1. The minimum absolute atomic E-state index is 0.406. The van der Waals surface area contributed by atoms with Crippen LogP contribution in [-0.4, -0.2) is 23.0 Å². The highest BCUT2D eigenvalue weighted by molar-refractivity contribution is 7.13. The minimum Gasteiger partial charge on any atom is -0.477 e. The van der Waals surface area contributed by atoms with Gasteiger partial charge >= 0.3 is 5.97 Å². The summed E-state index contributed by atoms with van der Waals surface area (Å²) in [6.45, 7) is 1.68. The van der Waals surface area contributed by atoms with E-state index in [9.17, 15) is 4.79 Å². The third-order valence-corrected chi connectivity index (χ3v) is 4.12. The third kappa shape index (κ3) is 3.39. The first kappa shape index (κ1) is 12.3. The molecule has 2 aromatic heterocycles. The molecule has 0 saturated heterocycles. The van der Waals surface area contributed by atoms with Gasteiger partial charge in [-0.15, -0.1) is 11.3 Å². The van der Waals surface area contributed by atoms with Gasteiger partial charge in [0, 0.05) is 18.0 Å². The number of carbonyl (C=O) groups is 1. The first-order chi connectivity index (χ1) is 8.15. The van der Waals surface area contributed by atoms with Crippen LogP contribution in [0.4, 0.5) is 0 Å². The average molecular weight is 267 g/mol.